The zero-order valence-electron chi connectivity index (χ0n) is 10.9. The second-order valence-corrected chi connectivity index (χ2v) is 5.20. The standard InChI is InChI=1S/C12H20N4O2/c1-8-9(10(13)15-14-8)11(17)16(2)7-12(18)5-3-4-6-12/h18H,3-7H2,1-2H3,(H3,13,14,15). The molecule has 1 saturated carbocycles. The Morgan fingerprint density at radius 1 is 1.56 bits per heavy atom. The van der Waals surface area contributed by atoms with Crippen molar-refractivity contribution in [1.29, 1.82) is 0 Å². The Hall–Kier alpha value is -1.56. The van der Waals surface area contributed by atoms with Gasteiger partial charge in [-0.25, -0.2) is 0 Å². The van der Waals surface area contributed by atoms with Crippen LogP contribution in [0.25, 0.3) is 0 Å². The Labute approximate surface area is 106 Å². The van der Waals surface area contributed by atoms with Gasteiger partial charge in [0.25, 0.3) is 5.91 Å². The van der Waals surface area contributed by atoms with Gasteiger partial charge in [0, 0.05) is 19.3 Å². The summed E-state index contributed by atoms with van der Waals surface area (Å²) in [5.41, 5.74) is 5.99. The van der Waals surface area contributed by atoms with Gasteiger partial charge in [0.2, 0.25) is 0 Å². The van der Waals surface area contributed by atoms with E-state index < -0.39 is 5.60 Å². The van der Waals surface area contributed by atoms with E-state index in [-0.39, 0.29) is 11.7 Å². The number of nitrogens with one attached hydrogen (secondary N) is 1. The molecule has 0 saturated heterocycles. The zero-order chi connectivity index (χ0) is 13.3. The molecule has 0 atom stereocenters. The van der Waals surface area contributed by atoms with Gasteiger partial charge in [-0.05, 0) is 19.8 Å². The van der Waals surface area contributed by atoms with Crippen LogP contribution >= 0.6 is 0 Å². The minimum absolute atomic E-state index is 0.195. The topological polar surface area (TPSA) is 95.2 Å². The van der Waals surface area contributed by atoms with Gasteiger partial charge >= 0.3 is 0 Å². The van der Waals surface area contributed by atoms with Crippen molar-refractivity contribution in [3.8, 4) is 0 Å². The number of amides is 1. The number of nitrogens with two attached hydrogens (primary N) is 1. The number of aromatic nitrogens is 2. The molecule has 0 radical (unpaired) electrons. The molecule has 1 amide bonds. The molecule has 0 aliphatic heterocycles. The molecule has 0 spiro atoms. The van der Waals surface area contributed by atoms with Crippen LogP contribution in [0.4, 0.5) is 5.82 Å². The normalized spacial score (nSPS) is 17.9. The zero-order valence-corrected chi connectivity index (χ0v) is 10.9. The fourth-order valence-electron chi connectivity index (χ4n) is 2.61. The first-order valence-corrected chi connectivity index (χ1v) is 6.21. The predicted octanol–water partition coefficient (Wildman–Crippen LogP) is 0.677. The summed E-state index contributed by atoms with van der Waals surface area (Å²) in [6, 6.07) is 0. The molecule has 0 unspecified atom stereocenters. The van der Waals surface area contributed by atoms with Crippen LogP contribution in [-0.2, 0) is 0 Å². The van der Waals surface area contributed by atoms with Crippen LogP contribution in [0.15, 0.2) is 0 Å². The third-order valence-electron chi connectivity index (χ3n) is 3.60. The maximum Gasteiger partial charge on any atom is 0.259 e. The van der Waals surface area contributed by atoms with Gasteiger partial charge in [0.1, 0.15) is 5.56 Å². The second kappa shape index (κ2) is 4.61. The van der Waals surface area contributed by atoms with Crippen LogP contribution in [0.1, 0.15) is 41.7 Å². The Bertz CT molecular complexity index is 429. The second-order valence-electron chi connectivity index (χ2n) is 5.20. The average molecular weight is 252 g/mol. The van der Waals surface area contributed by atoms with E-state index in [4.69, 9.17) is 5.73 Å². The first-order chi connectivity index (χ1) is 8.43. The summed E-state index contributed by atoms with van der Waals surface area (Å²) in [6.45, 7) is 2.10. The fourth-order valence-corrected chi connectivity index (χ4v) is 2.61. The van der Waals surface area contributed by atoms with Crippen LogP contribution < -0.4 is 5.73 Å². The molecule has 6 heteroatoms. The first-order valence-electron chi connectivity index (χ1n) is 6.21. The van der Waals surface area contributed by atoms with E-state index in [1.54, 1.807) is 14.0 Å². The average Bonchev–Trinajstić information content (AvgIpc) is 2.85. The van der Waals surface area contributed by atoms with Gasteiger partial charge in [-0.15, -0.1) is 0 Å². The molecule has 1 aliphatic rings. The Balaban J connectivity index is 2.10. The van der Waals surface area contributed by atoms with Crippen molar-refractivity contribution in [2.75, 3.05) is 19.3 Å². The Kier molecular flexibility index (Phi) is 3.30. The molecule has 100 valence electrons. The summed E-state index contributed by atoms with van der Waals surface area (Å²) in [4.78, 5) is 13.8. The number of aromatic amines is 1. The molecule has 1 aliphatic carbocycles. The minimum atomic E-state index is -0.739. The van der Waals surface area contributed by atoms with Crippen LogP contribution in [0, 0.1) is 6.92 Å². The third-order valence-corrected chi connectivity index (χ3v) is 3.60. The van der Waals surface area contributed by atoms with Crippen LogP contribution in [0.2, 0.25) is 0 Å². The fraction of sp³-hybridized carbons (Fsp3) is 0.667. The summed E-state index contributed by atoms with van der Waals surface area (Å²) < 4.78 is 0. The smallest absolute Gasteiger partial charge is 0.259 e. The molecular weight excluding hydrogens is 232 g/mol. The molecule has 0 aromatic carbocycles. The van der Waals surface area contributed by atoms with Crippen molar-refractivity contribution in [3.63, 3.8) is 0 Å². The third kappa shape index (κ3) is 2.33. The number of carbonyl (C=O) groups is 1. The molecule has 18 heavy (non-hydrogen) atoms. The van der Waals surface area contributed by atoms with E-state index in [0.29, 0.717) is 17.8 Å². The molecule has 0 bridgehead atoms. The van der Waals surface area contributed by atoms with Gasteiger partial charge in [-0.1, -0.05) is 12.8 Å². The first kappa shape index (κ1) is 12.9. The summed E-state index contributed by atoms with van der Waals surface area (Å²) in [7, 11) is 1.69. The monoisotopic (exact) mass is 252 g/mol. The van der Waals surface area contributed by atoms with Gasteiger partial charge < -0.3 is 15.7 Å². The lowest BCUT2D eigenvalue weighted by atomic mass is 10.0. The van der Waals surface area contributed by atoms with Crippen molar-refractivity contribution in [1.82, 2.24) is 15.1 Å². The molecule has 6 nitrogen and oxygen atoms in total. The molecule has 1 aromatic rings. The highest BCUT2D eigenvalue weighted by molar-refractivity contribution is 5.99. The van der Waals surface area contributed by atoms with Gasteiger partial charge in [0.05, 0.1) is 5.60 Å². The number of H-pyrrole nitrogens is 1. The Morgan fingerprint density at radius 3 is 2.67 bits per heavy atom. The van der Waals surface area contributed by atoms with E-state index in [1.807, 2.05) is 0 Å². The van der Waals surface area contributed by atoms with E-state index in [2.05, 4.69) is 10.2 Å². The van der Waals surface area contributed by atoms with Gasteiger partial charge in [-0.3, -0.25) is 9.89 Å². The quantitative estimate of drug-likeness (QED) is 0.737. The van der Waals surface area contributed by atoms with Crippen molar-refractivity contribution in [2.45, 2.75) is 38.2 Å². The number of hydrogen-bond donors (Lipinski definition) is 3. The van der Waals surface area contributed by atoms with Crippen molar-refractivity contribution < 1.29 is 9.90 Å². The maximum absolute atomic E-state index is 12.3. The van der Waals surface area contributed by atoms with Crippen LogP contribution in [0.5, 0.6) is 0 Å². The van der Waals surface area contributed by atoms with E-state index in [0.717, 1.165) is 25.7 Å². The minimum Gasteiger partial charge on any atom is -0.388 e. The lowest BCUT2D eigenvalue weighted by Crippen LogP contribution is -2.42. The van der Waals surface area contributed by atoms with E-state index in [1.165, 1.54) is 4.90 Å². The van der Waals surface area contributed by atoms with Crippen LogP contribution in [0.3, 0.4) is 0 Å². The number of aryl methyl sites for hydroxylation is 1. The summed E-state index contributed by atoms with van der Waals surface area (Å²) in [5, 5.41) is 16.8. The maximum atomic E-state index is 12.3. The highest BCUT2D eigenvalue weighted by Gasteiger charge is 2.34. The summed E-state index contributed by atoms with van der Waals surface area (Å²) in [6.07, 6.45) is 3.55. The largest absolute Gasteiger partial charge is 0.388 e. The molecule has 1 aromatic heterocycles. The lowest BCUT2D eigenvalue weighted by molar-refractivity contribution is 0.0157. The molecule has 2 rings (SSSR count). The molecule has 1 heterocycles. The van der Waals surface area contributed by atoms with Gasteiger partial charge in [0.15, 0.2) is 5.82 Å². The summed E-state index contributed by atoms with van der Waals surface area (Å²) in [5.74, 6) is 0.0156. The van der Waals surface area contributed by atoms with Crippen LogP contribution in [-0.4, -0.2) is 45.3 Å². The lowest BCUT2D eigenvalue weighted by Gasteiger charge is -2.28. The van der Waals surface area contributed by atoms with Crippen molar-refractivity contribution in [3.05, 3.63) is 11.3 Å². The molecular formula is C12H20N4O2. The number of aliphatic hydroxyl groups is 1. The van der Waals surface area contributed by atoms with E-state index in [9.17, 15) is 9.90 Å². The van der Waals surface area contributed by atoms with E-state index >= 15 is 0 Å². The number of hydrogen-bond acceptors (Lipinski definition) is 4. The molecule has 1 fully saturated rings. The SMILES string of the molecule is Cc1[nH]nc(N)c1C(=O)N(C)CC1(O)CCCC1. The molecule has 4 N–H and O–H groups in total. The number of carbonyl (C=O) groups excluding carboxylic acids is 1. The Morgan fingerprint density at radius 2 is 2.17 bits per heavy atom. The number of rotatable bonds is 3. The van der Waals surface area contributed by atoms with Crippen molar-refractivity contribution in [2.24, 2.45) is 0 Å². The highest BCUT2D eigenvalue weighted by atomic mass is 16.3. The summed E-state index contributed by atoms with van der Waals surface area (Å²) >= 11 is 0. The highest BCUT2D eigenvalue weighted by Crippen LogP contribution is 2.30. The van der Waals surface area contributed by atoms with Gasteiger partial charge in [-0.2, -0.15) is 5.10 Å². The number of nitrogen functional groups attached to an aromatic ring is 1. The number of likely N-dealkylation sites (N-methyl/N-ethyl adjacent to an activating group) is 1. The van der Waals surface area contributed by atoms with Crippen molar-refractivity contribution >= 4 is 11.7 Å². The predicted molar refractivity (Wildman–Crippen MR) is 68.1 cm³/mol. The number of nitrogens with zero attached hydrogens (tertiary/aromatic N) is 2. The number of anilines is 1.